The number of aliphatic hydroxyl groups excluding tert-OH is 2. The quantitative estimate of drug-likeness (QED) is 0.552. The molecule has 1 saturated heterocycles. The summed E-state index contributed by atoms with van der Waals surface area (Å²) in [4.78, 5) is 0. The third-order valence-electron chi connectivity index (χ3n) is 2.96. The summed E-state index contributed by atoms with van der Waals surface area (Å²) in [5, 5.41) is 17.8. The van der Waals surface area contributed by atoms with Gasteiger partial charge in [0.25, 0.3) is 0 Å². The van der Waals surface area contributed by atoms with Crippen LogP contribution in [0.4, 0.5) is 0 Å². The number of aliphatic hydroxyl groups is 2. The monoisotopic (exact) mass is 158 g/mol. The maximum atomic E-state index is 8.96. The molecule has 2 rings (SSSR count). The first-order chi connectivity index (χ1) is 5.30. The first-order valence-corrected chi connectivity index (χ1v) is 4.20. The van der Waals surface area contributed by atoms with Crippen LogP contribution in [-0.2, 0) is 4.74 Å². The highest BCUT2D eigenvalue weighted by molar-refractivity contribution is 5.06. The highest BCUT2D eigenvalue weighted by Gasteiger charge is 2.58. The number of epoxide rings is 1. The molecule has 0 aromatic heterocycles. The van der Waals surface area contributed by atoms with E-state index in [0.29, 0.717) is 5.92 Å². The molecule has 0 aromatic carbocycles. The van der Waals surface area contributed by atoms with E-state index in [-0.39, 0.29) is 24.9 Å². The molecule has 1 aliphatic carbocycles. The highest BCUT2D eigenvalue weighted by Crippen LogP contribution is 2.48. The van der Waals surface area contributed by atoms with Crippen LogP contribution in [0.5, 0.6) is 0 Å². The molecule has 11 heavy (non-hydrogen) atoms. The summed E-state index contributed by atoms with van der Waals surface area (Å²) in [6.45, 7) is 0.414. The summed E-state index contributed by atoms with van der Waals surface area (Å²) < 4.78 is 5.39. The third kappa shape index (κ3) is 1.08. The van der Waals surface area contributed by atoms with E-state index in [1.54, 1.807) is 0 Å². The van der Waals surface area contributed by atoms with Crippen molar-refractivity contribution in [3.8, 4) is 0 Å². The fourth-order valence-electron chi connectivity index (χ4n) is 1.99. The summed E-state index contributed by atoms with van der Waals surface area (Å²) in [6, 6.07) is 0. The molecule has 0 spiro atoms. The van der Waals surface area contributed by atoms with E-state index >= 15 is 0 Å². The van der Waals surface area contributed by atoms with Crippen LogP contribution in [0.3, 0.4) is 0 Å². The van der Waals surface area contributed by atoms with Crippen molar-refractivity contribution in [3.63, 3.8) is 0 Å². The van der Waals surface area contributed by atoms with E-state index in [9.17, 15) is 0 Å². The lowest BCUT2D eigenvalue weighted by atomic mass is 9.83. The van der Waals surface area contributed by atoms with Crippen LogP contribution in [0.1, 0.15) is 19.3 Å². The normalized spacial score (nSPS) is 48.5. The maximum Gasteiger partial charge on any atom is 0.118 e. The van der Waals surface area contributed by atoms with Gasteiger partial charge in [-0.25, -0.2) is 0 Å². The minimum Gasteiger partial charge on any atom is -0.396 e. The molecule has 64 valence electrons. The molecular weight excluding hydrogens is 144 g/mol. The molecule has 0 aromatic rings. The summed E-state index contributed by atoms with van der Waals surface area (Å²) in [5.41, 5.74) is -0.189. The van der Waals surface area contributed by atoms with Gasteiger partial charge in [-0.2, -0.15) is 0 Å². The van der Waals surface area contributed by atoms with Crippen LogP contribution < -0.4 is 0 Å². The average Bonchev–Trinajstić information content (AvgIpc) is 2.77. The van der Waals surface area contributed by atoms with Gasteiger partial charge in [-0.15, -0.1) is 0 Å². The molecule has 0 bridgehead atoms. The Labute approximate surface area is 66.0 Å². The number of ether oxygens (including phenoxy) is 1. The van der Waals surface area contributed by atoms with Crippen LogP contribution in [0.25, 0.3) is 0 Å². The Morgan fingerprint density at radius 2 is 2.27 bits per heavy atom. The number of rotatable bonds is 2. The minimum atomic E-state index is -0.189. The lowest BCUT2D eigenvalue weighted by Crippen LogP contribution is -2.28. The predicted octanol–water partition coefficient (Wildman–Crippen LogP) is -0.0913. The van der Waals surface area contributed by atoms with Gasteiger partial charge in [-0.1, -0.05) is 0 Å². The van der Waals surface area contributed by atoms with Gasteiger partial charge >= 0.3 is 0 Å². The Morgan fingerprint density at radius 3 is 2.82 bits per heavy atom. The zero-order valence-electron chi connectivity index (χ0n) is 6.49. The Bertz CT molecular complexity index is 159. The zero-order valence-corrected chi connectivity index (χ0v) is 6.49. The molecule has 2 N–H and O–H groups in total. The van der Waals surface area contributed by atoms with E-state index in [1.807, 2.05) is 0 Å². The summed E-state index contributed by atoms with van der Waals surface area (Å²) in [6.07, 6.45) is 3.07. The van der Waals surface area contributed by atoms with Gasteiger partial charge in [-0.05, 0) is 25.2 Å². The number of hydrogen-bond donors (Lipinski definition) is 2. The second-order valence-electron chi connectivity index (χ2n) is 3.65. The van der Waals surface area contributed by atoms with Gasteiger partial charge < -0.3 is 14.9 Å². The largest absolute Gasteiger partial charge is 0.396 e. The van der Waals surface area contributed by atoms with Crippen molar-refractivity contribution in [3.05, 3.63) is 0 Å². The minimum absolute atomic E-state index is 0.149. The van der Waals surface area contributed by atoms with Gasteiger partial charge in [0.05, 0.1) is 12.7 Å². The summed E-state index contributed by atoms with van der Waals surface area (Å²) in [7, 11) is 0. The molecular formula is C8H14O3. The number of fused-ring (bicyclic) bond motifs is 1. The molecule has 0 radical (unpaired) electrons. The topological polar surface area (TPSA) is 53.0 Å². The molecule has 1 saturated carbocycles. The van der Waals surface area contributed by atoms with Gasteiger partial charge in [0.2, 0.25) is 0 Å². The molecule has 3 unspecified atom stereocenters. The first kappa shape index (κ1) is 7.53. The smallest absolute Gasteiger partial charge is 0.118 e. The maximum absolute atomic E-state index is 8.96. The Kier molecular flexibility index (Phi) is 1.67. The molecule has 0 amide bonds. The van der Waals surface area contributed by atoms with Gasteiger partial charge in [0, 0.05) is 6.61 Å². The standard InChI is InChI=1S/C8H14O3/c9-4-6-1-2-8(5-10)7(3-6)11-8/h6-7,9-10H,1-5H2. The second kappa shape index (κ2) is 2.44. The number of hydrogen-bond acceptors (Lipinski definition) is 3. The first-order valence-electron chi connectivity index (χ1n) is 4.20. The van der Waals surface area contributed by atoms with E-state index in [2.05, 4.69) is 0 Å². The Balaban J connectivity index is 1.92. The fourth-order valence-corrected chi connectivity index (χ4v) is 1.99. The molecule has 3 atom stereocenters. The lowest BCUT2D eigenvalue weighted by molar-refractivity contribution is 0.145. The zero-order chi connectivity index (χ0) is 7.90. The highest BCUT2D eigenvalue weighted by atomic mass is 16.6. The molecule has 1 heterocycles. The molecule has 1 aliphatic heterocycles. The van der Waals surface area contributed by atoms with Gasteiger partial charge in [-0.3, -0.25) is 0 Å². The summed E-state index contributed by atoms with van der Waals surface area (Å²) >= 11 is 0. The van der Waals surface area contributed by atoms with E-state index < -0.39 is 0 Å². The molecule has 2 fully saturated rings. The SMILES string of the molecule is OCC1CCC2(CO)OC2C1. The van der Waals surface area contributed by atoms with E-state index in [4.69, 9.17) is 14.9 Å². The van der Waals surface area contributed by atoms with Crippen molar-refractivity contribution in [2.45, 2.75) is 31.0 Å². The van der Waals surface area contributed by atoms with Crippen molar-refractivity contribution >= 4 is 0 Å². The van der Waals surface area contributed by atoms with E-state index in [1.165, 1.54) is 0 Å². The lowest BCUT2D eigenvalue weighted by Gasteiger charge is -2.21. The van der Waals surface area contributed by atoms with Crippen LogP contribution >= 0.6 is 0 Å². The van der Waals surface area contributed by atoms with Crippen LogP contribution in [0, 0.1) is 5.92 Å². The second-order valence-corrected chi connectivity index (χ2v) is 3.65. The molecule has 2 aliphatic rings. The van der Waals surface area contributed by atoms with Crippen molar-refractivity contribution in [1.29, 1.82) is 0 Å². The third-order valence-corrected chi connectivity index (χ3v) is 2.96. The Morgan fingerprint density at radius 1 is 1.45 bits per heavy atom. The average molecular weight is 158 g/mol. The van der Waals surface area contributed by atoms with Crippen LogP contribution in [0.15, 0.2) is 0 Å². The van der Waals surface area contributed by atoms with Crippen molar-refractivity contribution in [2.24, 2.45) is 5.92 Å². The van der Waals surface area contributed by atoms with Crippen molar-refractivity contribution in [1.82, 2.24) is 0 Å². The molecule has 3 heteroatoms. The van der Waals surface area contributed by atoms with Gasteiger partial charge in [0.1, 0.15) is 5.60 Å². The molecule has 3 nitrogen and oxygen atoms in total. The van der Waals surface area contributed by atoms with Crippen molar-refractivity contribution in [2.75, 3.05) is 13.2 Å². The van der Waals surface area contributed by atoms with E-state index in [0.717, 1.165) is 19.3 Å². The van der Waals surface area contributed by atoms with Crippen LogP contribution in [0.2, 0.25) is 0 Å². The predicted molar refractivity (Wildman–Crippen MR) is 39.1 cm³/mol. The summed E-state index contributed by atoms with van der Waals surface area (Å²) in [5.74, 6) is 0.405. The van der Waals surface area contributed by atoms with Crippen LogP contribution in [-0.4, -0.2) is 35.1 Å². The fraction of sp³-hybridized carbons (Fsp3) is 1.00. The van der Waals surface area contributed by atoms with Gasteiger partial charge in [0.15, 0.2) is 0 Å². The Hall–Kier alpha value is -0.120. The van der Waals surface area contributed by atoms with Crippen molar-refractivity contribution < 1.29 is 14.9 Å².